The lowest BCUT2D eigenvalue weighted by Gasteiger charge is -2.35. The van der Waals surface area contributed by atoms with Gasteiger partial charge in [0.2, 0.25) is 5.95 Å². The molecule has 3 heteroatoms. The van der Waals surface area contributed by atoms with Crippen LogP contribution in [0.5, 0.6) is 0 Å². The van der Waals surface area contributed by atoms with Gasteiger partial charge in [-0.3, -0.25) is 0 Å². The van der Waals surface area contributed by atoms with Crippen molar-refractivity contribution in [3.63, 3.8) is 0 Å². The lowest BCUT2D eigenvalue weighted by Crippen LogP contribution is -2.40. The molecule has 0 saturated carbocycles. The van der Waals surface area contributed by atoms with E-state index < -0.39 is 0 Å². The molecule has 0 radical (unpaired) electrons. The normalized spacial score (nSPS) is 21.2. The monoisotopic (exact) mass is 219 g/mol. The van der Waals surface area contributed by atoms with E-state index in [1.54, 1.807) is 0 Å². The van der Waals surface area contributed by atoms with E-state index in [4.69, 9.17) is 0 Å². The average Bonchev–Trinajstić information content (AvgIpc) is 2.27. The van der Waals surface area contributed by atoms with Gasteiger partial charge in [0.25, 0.3) is 0 Å². The number of aryl methyl sites for hydroxylation is 2. The van der Waals surface area contributed by atoms with Gasteiger partial charge in [-0.1, -0.05) is 6.92 Å². The minimum atomic E-state index is 0.634. The van der Waals surface area contributed by atoms with Gasteiger partial charge in [0.05, 0.1) is 0 Å². The maximum Gasteiger partial charge on any atom is 0.226 e. The molecular weight excluding hydrogens is 198 g/mol. The predicted molar refractivity (Wildman–Crippen MR) is 66.8 cm³/mol. The van der Waals surface area contributed by atoms with Gasteiger partial charge >= 0.3 is 0 Å². The van der Waals surface area contributed by atoms with E-state index in [1.807, 2.05) is 19.9 Å². The molecule has 0 amide bonds. The molecule has 1 atom stereocenters. The third kappa shape index (κ3) is 2.34. The van der Waals surface area contributed by atoms with Gasteiger partial charge in [-0.15, -0.1) is 0 Å². The summed E-state index contributed by atoms with van der Waals surface area (Å²) in [7, 11) is 0. The first-order chi connectivity index (χ1) is 7.70. The maximum absolute atomic E-state index is 4.57. The Kier molecular flexibility index (Phi) is 3.42. The first-order valence-corrected chi connectivity index (χ1v) is 6.29. The van der Waals surface area contributed by atoms with Crippen molar-refractivity contribution in [2.75, 3.05) is 11.4 Å². The molecule has 1 aromatic heterocycles. The molecule has 88 valence electrons. The van der Waals surface area contributed by atoms with Crippen LogP contribution in [0.25, 0.3) is 0 Å². The van der Waals surface area contributed by atoms with Crippen LogP contribution in [-0.2, 0) is 0 Å². The third-order valence-electron chi connectivity index (χ3n) is 3.33. The summed E-state index contributed by atoms with van der Waals surface area (Å²) >= 11 is 0. The van der Waals surface area contributed by atoms with Crippen molar-refractivity contribution in [2.45, 2.75) is 52.5 Å². The fourth-order valence-electron chi connectivity index (χ4n) is 2.52. The van der Waals surface area contributed by atoms with E-state index in [9.17, 15) is 0 Å². The van der Waals surface area contributed by atoms with Gasteiger partial charge in [-0.05, 0) is 45.6 Å². The van der Waals surface area contributed by atoms with Gasteiger partial charge in [-0.25, -0.2) is 9.97 Å². The van der Waals surface area contributed by atoms with E-state index in [0.717, 1.165) is 23.9 Å². The average molecular weight is 219 g/mol. The van der Waals surface area contributed by atoms with E-state index in [0.29, 0.717) is 6.04 Å². The highest BCUT2D eigenvalue weighted by molar-refractivity contribution is 5.34. The Bertz CT molecular complexity index is 342. The van der Waals surface area contributed by atoms with Crippen molar-refractivity contribution in [1.82, 2.24) is 9.97 Å². The third-order valence-corrected chi connectivity index (χ3v) is 3.33. The summed E-state index contributed by atoms with van der Waals surface area (Å²) in [5.41, 5.74) is 2.14. The minimum absolute atomic E-state index is 0.634. The van der Waals surface area contributed by atoms with E-state index in [1.165, 1.54) is 25.7 Å². The summed E-state index contributed by atoms with van der Waals surface area (Å²) in [5.74, 6) is 0.934. The molecule has 0 spiro atoms. The topological polar surface area (TPSA) is 29.0 Å². The second-order valence-electron chi connectivity index (χ2n) is 4.70. The van der Waals surface area contributed by atoms with Crippen LogP contribution in [0.1, 0.15) is 44.0 Å². The summed E-state index contributed by atoms with van der Waals surface area (Å²) in [5, 5.41) is 0. The fraction of sp³-hybridized carbons (Fsp3) is 0.692. The number of hydrogen-bond donors (Lipinski definition) is 0. The number of nitrogens with zero attached hydrogens (tertiary/aromatic N) is 3. The highest BCUT2D eigenvalue weighted by atomic mass is 15.3. The highest BCUT2D eigenvalue weighted by Gasteiger charge is 2.23. The molecule has 0 aromatic carbocycles. The van der Waals surface area contributed by atoms with Crippen LogP contribution in [0.2, 0.25) is 0 Å². The largest absolute Gasteiger partial charge is 0.338 e. The Morgan fingerprint density at radius 2 is 1.94 bits per heavy atom. The molecule has 16 heavy (non-hydrogen) atoms. The zero-order valence-corrected chi connectivity index (χ0v) is 10.5. The second-order valence-corrected chi connectivity index (χ2v) is 4.70. The summed E-state index contributed by atoms with van der Waals surface area (Å²) in [6.07, 6.45) is 5.09. The molecule has 0 aliphatic carbocycles. The Morgan fingerprint density at radius 1 is 1.25 bits per heavy atom. The summed E-state index contributed by atoms with van der Waals surface area (Å²) in [6.45, 7) is 7.46. The van der Waals surface area contributed by atoms with E-state index in [2.05, 4.69) is 21.8 Å². The number of piperidine rings is 1. The van der Waals surface area contributed by atoms with Gasteiger partial charge in [0.15, 0.2) is 0 Å². The van der Waals surface area contributed by atoms with E-state index >= 15 is 0 Å². The molecule has 2 rings (SSSR count). The molecule has 1 unspecified atom stereocenters. The highest BCUT2D eigenvalue weighted by Crippen LogP contribution is 2.23. The van der Waals surface area contributed by atoms with Crippen molar-refractivity contribution in [3.05, 3.63) is 17.5 Å². The van der Waals surface area contributed by atoms with Crippen molar-refractivity contribution in [3.8, 4) is 0 Å². The van der Waals surface area contributed by atoms with Crippen molar-refractivity contribution >= 4 is 5.95 Å². The van der Waals surface area contributed by atoms with Gasteiger partial charge in [0.1, 0.15) is 0 Å². The lowest BCUT2D eigenvalue weighted by molar-refractivity contribution is 0.442. The zero-order chi connectivity index (χ0) is 11.5. The Morgan fingerprint density at radius 3 is 2.56 bits per heavy atom. The van der Waals surface area contributed by atoms with Crippen LogP contribution >= 0.6 is 0 Å². The fourth-order valence-corrected chi connectivity index (χ4v) is 2.52. The summed E-state index contributed by atoms with van der Waals surface area (Å²) in [6, 6.07) is 2.67. The lowest BCUT2D eigenvalue weighted by atomic mass is 10.0. The van der Waals surface area contributed by atoms with Crippen molar-refractivity contribution < 1.29 is 0 Å². The van der Waals surface area contributed by atoms with Crippen LogP contribution in [0, 0.1) is 13.8 Å². The maximum atomic E-state index is 4.57. The Labute approximate surface area is 97.9 Å². The quantitative estimate of drug-likeness (QED) is 0.766. The second kappa shape index (κ2) is 4.81. The first kappa shape index (κ1) is 11.4. The predicted octanol–water partition coefficient (Wildman–Crippen LogP) is 2.86. The zero-order valence-electron chi connectivity index (χ0n) is 10.5. The summed E-state index contributed by atoms with van der Waals surface area (Å²) in [4.78, 5) is 11.5. The Balaban J connectivity index is 2.26. The smallest absolute Gasteiger partial charge is 0.226 e. The molecule has 1 fully saturated rings. The molecule has 0 bridgehead atoms. The van der Waals surface area contributed by atoms with Crippen molar-refractivity contribution in [1.29, 1.82) is 0 Å². The number of aromatic nitrogens is 2. The SMILES string of the molecule is CCC1CCCCN1c1nc(C)cc(C)n1. The van der Waals surface area contributed by atoms with Crippen LogP contribution in [0.3, 0.4) is 0 Å². The van der Waals surface area contributed by atoms with Crippen LogP contribution in [0.15, 0.2) is 6.07 Å². The first-order valence-electron chi connectivity index (χ1n) is 6.29. The molecule has 1 aliphatic heterocycles. The van der Waals surface area contributed by atoms with Crippen LogP contribution < -0.4 is 4.90 Å². The van der Waals surface area contributed by atoms with Crippen LogP contribution in [0.4, 0.5) is 5.95 Å². The van der Waals surface area contributed by atoms with E-state index in [-0.39, 0.29) is 0 Å². The summed E-state index contributed by atoms with van der Waals surface area (Å²) < 4.78 is 0. The minimum Gasteiger partial charge on any atom is -0.338 e. The van der Waals surface area contributed by atoms with Crippen LogP contribution in [-0.4, -0.2) is 22.6 Å². The molecule has 2 heterocycles. The molecule has 3 nitrogen and oxygen atoms in total. The number of anilines is 1. The molecule has 1 aliphatic rings. The van der Waals surface area contributed by atoms with Gasteiger partial charge < -0.3 is 4.90 Å². The molecule has 1 saturated heterocycles. The van der Waals surface area contributed by atoms with Gasteiger partial charge in [0, 0.05) is 24.0 Å². The molecular formula is C13H21N3. The van der Waals surface area contributed by atoms with Gasteiger partial charge in [-0.2, -0.15) is 0 Å². The molecule has 0 N–H and O–H groups in total. The molecule has 1 aromatic rings. The number of rotatable bonds is 2. The van der Waals surface area contributed by atoms with Crippen molar-refractivity contribution in [2.24, 2.45) is 0 Å². The Hall–Kier alpha value is -1.12. The number of hydrogen-bond acceptors (Lipinski definition) is 3. The standard InChI is InChI=1S/C13H21N3/c1-4-12-7-5-6-8-16(12)13-14-10(2)9-11(3)15-13/h9,12H,4-8H2,1-3H3.